The molecule has 29 heavy (non-hydrogen) atoms. The summed E-state index contributed by atoms with van der Waals surface area (Å²) in [7, 11) is -1.92. The molecule has 3 rings (SSSR count). The largest absolute Gasteiger partial charge is 0.465 e. The summed E-state index contributed by atoms with van der Waals surface area (Å²) in [5.41, 5.74) is 1.51. The molecule has 8 nitrogen and oxygen atoms in total. The maximum absolute atomic E-state index is 12.8. The highest BCUT2D eigenvalue weighted by Crippen LogP contribution is 2.38. The number of fused-ring (bicyclic) bond motifs is 1. The molecule has 1 saturated heterocycles. The lowest BCUT2D eigenvalue weighted by Gasteiger charge is -2.35. The second-order valence-electron chi connectivity index (χ2n) is 7.70. The number of ether oxygens (including phenoxy) is 1. The Kier molecular flexibility index (Phi) is 7.31. The van der Waals surface area contributed by atoms with E-state index in [0.717, 1.165) is 68.2 Å². The van der Waals surface area contributed by atoms with Crippen molar-refractivity contribution in [2.45, 2.75) is 51.0 Å². The molecule has 162 valence electrons. The summed E-state index contributed by atoms with van der Waals surface area (Å²) in [6.07, 6.45) is 7.84. The molecule has 0 spiro atoms. The molecule has 0 saturated carbocycles. The Morgan fingerprint density at radius 3 is 2.69 bits per heavy atom. The molecule has 10 heteroatoms. The van der Waals surface area contributed by atoms with Crippen molar-refractivity contribution in [3.8, 4) is 0 Å². The van der Waals surface area contributed by atoms with E-state index >= 15 is 0 Å². The van der Waals surface area contributed by atoms with Crippen molar-refractivity contribution in [1.29, 1.82) is 0 Å². The number of sulfonamides is 1. The molecule has 1 amide bonds. The number of carbonyl (C=O) groups excluding carboxylic acids is 2. The van der Waals surface area contributed by atoms with Gasteiger partial charge in [-0.05, 0) is 50.6 Å². The van der Waals surface area contributed by atoms with Crippen molar-refractivity contribution < 1.29 is 22.7 Å². The fourth-order valence-corrected chi connectivity index (χ4v) is 5.86. The van der Waals surface area contributed by atoms with Crippen molar-refractivity contribution in [2.24, 2.45) is 0 Å². The van der Waals surface area contributed by atoms with Gasteiger partial charge in [0.1, 0.15) is 5.00 Å². The minimum Gasteiger partial charge on any atom is -0.465 e. The number of hydrogen-bond acceptors (Lipinski definition) is 7. The van der Waals surface area contributed by atoms with Crippen LogP contribution >= 0.6 is 11.3 Å². The van der Waals surface area contributed by atoms with E-state index in [9.17, 15) is 18.0 Å². The van der Waals surface area contributed by atoms with Crippen LogP contribution in [0.5, 0.6) is 0 Å². The first-order valence-corrected chi connectivity index (χ1v) is 12.7. The molecule has 1 fully saturated rings. The fraction of sp³-hybridized carbons (Fsp3) is 0.684. The SMILES string of the molecule is COC(=O)c1c(NC(=O)CN2CCCC[C@H]2CNS(C)(=O)=O)sc2c1CCCC2. The number of methoxy groups -OCH3 is 1. The highest BCUT2D eigenvalue weighted by Gasteiger charge is 2.29. The number of aryl methyl sites for hydroxylation is 1. The first-order chi connectivity index (χ1) is 13.8. The average molecular weight is 444 g/mol. The van der Waals surface area contributed by atoms with Gasteiger partial charge in [-0.25, -0.2) is 17.9 Å². The molecule has 1 aromatic rings. The molecule has 2 aliphatic rings. The predicted octanol–water partition coefficient (Wildman–Crippen LogP) is 1.76. The second kappa shape index (κ2) is 9.55. The van der Waals surface area contributed by atoms with Crippen LogP contribution in [0.1, 0.15) is 52.9 Å². The summed E-state index contributed by atoms with van der Waals surface area (Å²) in [5, 5.41) is 3.49. The maximum atomic E-state index is 12.8. The van der Waals surface area contributed by atoms with E-state index in [2.05, 4.69) is 10.0 Å². The Labute approximate surface area is 176 Å². The van der Waals surface area contributed by atoms with Gasteiger partial charge in [-0.3, -0.25) is 9.69 Å². The zero-order valence-corrected chi connectivity index (χ0v) is 18.6. The monoisotopic (exact) mass is 443 g/mol. The Morgan fingerprint density at radius 2 is 1.97 bits per heavy atom. The summed E-state index contributed by atoms with van der Waals surface area (Å²) < 4.78 is 30.3. The molecule has 1 aromatic heterocycles. The standard InChI is InChI=1S/C19H29N3O5S2/c1-27-19(24)17-14-8-3-4-9-15(14)28-18(17)21-16(23)12-22-10-6-5-7-13(22)11-20-29(2,25)26/h13,20H,3-12H2,1-2H3,(H,21,23)/t13-/m0/s1. The second-order valence-corrected chi connectivity index (χ2v) is 10.6. The minimum absolute atomic E-state index is 0.0131. The van der Waals surface area contributed by atoms with E-state index in [1.165, 1.54) is 18.4 Å². The number of nitrogens with one attached hydrogen (secondary N) is 2. The van der Waals surface area contributed by atoms with Gasteiger partial charge in [-0.1, -0.05) is 6.42 Å². The van der Waals surface area contributed by atoms with Crippen LogP contribution in [0, 0.1) is 0 Å². The number of anilines is 1. The number of likely N-dealkylation sites (tertiary alicyclic amines) is 1. The van der Waals surface area contributed by atoms with Crippen molar-refractivity contribution >= 4 is 38.2 Å². The third kappa shape index (κ3) is 5.78. The van der Waals surface area contributed by atoms with Gasteiger partial charge in [0.25, 0.3) is 0 Å². The minimum atomic E-state index is -3.27. The fourth-order valence-electron chi connectivity index (χ4n) is 4.07. The molecule has 2 N–H and O–H groups in total. The van der Waals surface area contributed by atoms with E-state index in [4.69, 9.17) is 4.74 Å². The topological polar surface area (TPSA) is 105 Å². The highest BCUT2D eigenvalue weighted by atomic mass is 32.2. The number of esters is 1. The molecular formula is C19H29N3O5S2. The number of rotatable bonds is 7. The first kappa shape index (κ1) is 22.2. The predicted molar refractivity (Wildman–Crippen MR) is 113 cm³/mol. The van der Waals surface area contributed by atoms with Crippen LogP contribution in [0.4, 0.5) is 5.00 Å². The Morgan fingerprint density at radius 1 is 1.21 bits per heavy atom. The number of hydrogen-bond donors (Lipinski definition) is 2. The number of amides is 1. The summed E-state index contributed by atoms with van der Waals surface area (Å²) in [5.74, 6) is -0.604. The van der Waals surface area contributed by atoms with Crippen LogP contribution in [0.3, 0.4) is 0 Å². The molecule has 1 atom stereocenters. The van der Waals surface area contributed by atoms with Crippen LogP contribution in [0.25, 0.3) is 0 Å². The molecule has 1 aliphatic heterocycles. The Hall–Kier alpha value is -1.49. The number of piperidine rings is 1. The maximum Gasteiger partial charge on any atom is 0.341 e. The van der Waals surface area contributed by atoms with E-state index in [-0.39, 0.29) is 18.5 Å². The van der Waals surface area contributed by atoms with E-state index < -0.39 is 16.0 Å². The lowest BCUT2D eigenvalue weighted by atomic mass is 9.95. The van der Waals surface area contributed by atoms with Crippen molar-refractivity contribution in [3.05, 3.63) is 16.0 Å². The van der Waals surface area contributed by atoms with Crippen molar-refractivity contribution in [3.63, 3.8) is 0 Å². The molecular weight excluding hydrogens is 414 g/mol. The van der Waals surface area contributed by atoms with Crippen molar-refractivity contribution in [1.82, 2.24) is 9.62 Å². The molecule has 0 aromatic carbocycles. The number of nitrogens with zero attached hydrogens (tertiary/aromatic N) is 1. The van der Waals surface area contributed by atoms with Crippen LogP contribution in [-0.4, -0.2) is 64.2 Å². The molecule has 0 bridgehead atoms. The van der Waals surface area contributed by atoms with Gasteiger partial charge in [0.15, 0.2) is 0 Å². The summed E-state index contributed by atoms with van der Waals surface area (Å²) in [4.78, 5) is 28.3. The van der Waals surface area contributed by atoms with Crippen LogP contribution in [-0.2, 0) is 32.4 Å². The van der Waals surface area contributed by atoms with Gasteiger partial charge < -0.3 is 10.1 Å². The summed E-state index contributed by atoms with van der Waals surface area (Å²) >= 11 is 1.47. The molecule has 2 heterocycles. The van der Waals surface area contributed by atoms with Crippen LogP contribution in [0.15, 0.2) is 0 Å². The van der Waals surface area contributed by atoms with Gasteiger partial charge >= 0.3 is 5.97 Å². The van der Waals surface area contributed by atoms with E-state index in [0.29, 0.717) is 17.1 Å². The van der Waals surface area contributed by atoms with Gasteiger partial charge in [0, 0.05) is 17.5 Å². The lowest BCUT2D eigenvalue weighted by molar-refractivity contribution is -0.118. The van der Waals surface area contributed by atoms with Gasteiger partial charge in [0.2, 0.25) is 15.9 Å². The zero-order valence-electron chi connectivity index (χ0n) is 17.0. The third-order valence-electron chi connectivity index (χ3n) is 5.49. The Balaban J connectivity index is 1.69. The molecule has 1 aliphatic carbocycles. The van der Waals surface area contributed by atoms with Crippen LogP contribution in [0.2, 0.25) is 0 Å². The normalized spacial score (nSPS) is 20.1. The van der Waals surface area contributed by atoms with Gasteiger partial charge in [-0.2, -0.15) is 0 Å². The lowest BCUT2D eigenvalue weighted by Crippen LogP contribution is -2.49. The first-order valence-electron chi connectivity index (χ1n) is 10.00. The number of carbonyl (C=O) groups is 2. The average Bonchev–Trinajstić information content (AvgIpc) is 3.03. The zero-order chi connectivity index (χ0) is 21.0. The quantitative estimate of drug-likeness (QED) is 0.622. The summed E-state index contributed by atoms with van der Waals surface area (Å²) in [6.45, 7) is 1.21. The Bertz CT molecular complexity index is 865. The molecule has 0 unspecified atom stereocenters. The van der Waals surface area contributed by atoms with Gasteiger partial charge in [0.05, 0.1) is 25.5 Å². The summed E-state index contributed by atoms with van der Waals surface area (Å²) in [6, 6.07) is -0.0131. The van der Waals surface area contributed by atoms with E-state index in [1.54, 1.807) is 0 Å². The third-order valence-corrected chi connectivity index (χ3v) is 7.39. The van der Waals surface area contributed by atoms with E-state index in [1.807, 2.05) is 4.90 Å². The molecule has 0 radical (unpaired) electrons. The highest BCUT2D eigenvalue weighted by molar-refractivity contribution is 7.88. The van der Waals surface area contributed by atoms with Crippen LogP contribution < -0.4 is 10.0 Å². The van der Waals surface area contributed by atoms with Crippen molar-refractivity contribution in [2.75, 3.05) is 38.3 Å². The van der Waals surface area contributed by atoms with Gasteiger partial charge in [-0.15, -0.1) is 11.3 Å². The number of thiophene rings is 1. The smallest absolute Gasteiger partial charge is 0.341 e.